The molecule has 3 rings (SSSR count). The van der Waals surface area contributed by atoms with E-state index in [1.807, 2.05) is 13.8 Å². The molecule has 2 atom stereocenters. The van der Waals surface area contributed by atoms with Crippen molar-refractivity contribution in [2.24, 2.45) is 5.92 Å². The van der Waals surface area contributed by atoms with Crippen LogP contribution in [0.2, 0.25) is 0 Å². The van der Waals surface area contributed by atoms with Crippen molar-refractivity contribution >= 4 is 33.3 Å². The van der Waals surface area contributed by atoms with Crippen LogP contribution in [0.5, 0.6) is 0 Å². The zero-order valence-electron chi connectivity index (χ0n) is 12.2. The summed E-state index contributed by atoms with van der Waals surface area (Å²) in [6.45, 7) is 3.95. The smallest absolute Gasteiger partial charge is 0.326 e. The monoisotopic (exact) mass is 305 g/mol. The molecule has 0 unspecified atom stereocenters. The second-order valence-electron chi connectivity index (χ2n) is 5.61. The van der Waals surface area contributed by atoms with Gasteiger partial charge in [-0.15, -0.1) is 11.3 Å². The molecule has 1 aliphatic rings. The van der Waals surface area contributed by atoms with Gasteiger partial charge in [0.05, 0.1) is 5.39 Å². The lowest BCUT2D eigenvalue weighted by atomic mass is 9.99. The molecule has 0 aliphatic heterocycles. The molecule has 0 aromatic carbocycles. The highest BCUT2D eigenvalue weighted by molar-refractivity contribution is 7.19. The number of carboxylic acid groups (broad SMARTS) is 1. The summed E-state index contributed by atoms with van der Waals surface area (Å²) in [5.74, 6) is -0.116. The van der Waals surface area contributed by atoms with E-state index in [9.17, 15) is 9.90 Å². The van der Waals surface area contributed by atoms with E-state index in [4.69, 9.17) is 0 Å². The molecule has 5 nitrogen and oxygen atoms in total. The molecule has 0 amide bonds. The predicted octanol–water partition coefficient (Wildman–Crippen LogP) is 3.09. The molecule has 112 valence electrons. The van der Waals surface area contributed by atoms with E-state index in [0.29, 0.717) is 5.82 Å². The number of hydrogen-bond acceptors (Lipinski definition) is 5. The third-order valence-corrected chi connectivity index (χ3v) is 5.47. The number of nitrogens with one attached hydrogen (secondary N) is 1. The fourth-order valence-corrected chi connectivity index (χ4v) is 4.10. The van der Waals surface area contributed by atoms with Crippen LogP contribution in [0.25, 0.3) is 10.2 Å². The first-order valence-corrected chi connectivity index (χ1v) is 8.18. The molecule has 0 saturated carbocycles. The number of fused-ring (bicyclic) bond motifs is 3. The first-order chi connectivity index (χ1) is 10.1. The molecule has 2 N–H and O–H groups in total. The van der Waals surface area contributed by atoms with Crippen molar-refractivity contribution in [3.8, 4) is 0 Å². The second-order valence-corrected chi connectivity index (χ2v) is 6.69. The Morgan fingerprint density at radius 1 is 1.48 bits per heavy atom. The summed E-state index contributed by atoms with van der Waals surface area (Å²) in [6, 6.07) is -0.620. The Hall–Kier alpha value is -1.69. The maximum absolute atomic E-state index is 11.5. The molecule has 2 aromatic rings. The van der Waals surface area contributed by atoms with E-state index in [0.717, 1.165) is 29.5 Å². The lowest BCUT2D eigenvalue weighted by molar-refractivity contribution is -0.139. The zero-order valence-corrected chi connectivity index (χ0v) is 13.0. The molecule has 0 fully saturated rings. The number of hydrogen-bond donors (Lipinski definition) is 2. The normalized spacial score (nSPS) is 16.7. The van der Waals surface area contributed by atoms with Crippen molar-refractivity contribution < 1.29 is 9.90 Å². The number of rotatable bonds is 5. The Balaban J connectivity index is 2.02. The minimum absolute atomic E-state index is 0.0409. The Labute approximate surface area is 127 Å². The van der Waals surface area contributed by atoms with Crippen LogP contribution in [0, 0.1) is 5.92 Å². The quantitative estimate of drug-likeness (QED) is 0.888. The summed E-state index contributed by atoms with van der Waals surface area (Å²) in [5.41, 5.74) is 1.31. The lowest BCUT2D eigenvalue weighted by Crippen LogP contribution is -2.35. The lowest BCUT2D eigenvalue weighted by Gasteiger charge is -2.21. The van der Waals surface area contributed by atoms with Gasteiger partial charge in [-0.3, -0.25) is 0 Å². The van der Waals surface area contributed by atoms with E-state index in [1.54, 1.807) is 11.3 Å². The van der Waals surface area contributed by atoms with Gasteiger partial charge in [0.1, 0.15) is 23.0 Å². The number of aryl methyl sites for hydroxylation is 2. The SMILES string of the molecule is CC[C@H](C)[C@@H](Nc1ncnc2sc3c(c12)CCC3)C(=O)O. The van der Waals surface area contributed by atoms with E-state index >= 15 is 0 Å². The molecular weight excluding hydrogens is 286 g/mol. The summed E-state index contributed by atoms with van der Waals surface area (Å²) in [6.07, 6.45) is 5.63. The number of aliphatic carboxylic acids is 1. The van der Waals surface area contributed by atoms with Crippen molar-refractivity contribution in [2.45, 2.75) is 45.6 Å². The minimum atomic E-state index is -0.831. The molecule has 1 aliphatic carbocycles. The molecule has 2 aromatic heterocycles. The fourth-order valence-electron chi connectivity index (χ4n) is 2.87. The van der Waals surface area contributed by atoms with Gasteiger partial charge in [-0.2, -0.15) is 0 Å². The molecule has 0 radical (unpaired) electrons. The number of carboxylic acids is 1. The maximum atomic E-state index is 11.5. The topological polar surface area (TPSA) is 75.1 Å². The first kappa shape index (κ1) is 14.3. The Morgan fingerprint density at radius 3 is 3.00 bits per heavy atom. The largest absolute Gasteiger partial charge is 0.480 e. The van der Waals surface area contributed by atoms with Gasteiger partial charge in [0.15, 0.2) is 0 Å². The van der Waals surface area contributed by atoms with Gasteiger partial charge >= 0.3 is 5.97 Å². The van der Waals surface area contributed by atoms with Crippen LogP contribution in [-0.4, -0.2) is 27.1 Å². The standard InChI is InChI=1S/C15H19N3O2S/c1-3-8(2)12(15(19)20)18-13-11-9-5-4-6-10(9)21-14(11)17-7-16-13/h7-8,12H,3-6H2,1-2H3,(H,19,20)(H,16,17,18)/t8-,12+/m0/s1. The number of aromatic nitrogens is 2. The molecule has 6 heteroatoms. The van der Waals surface area contributed by atoms with Crippen LogP contribution in [0.15, 0.2) is 6.33 Å². The highest BCUT2D eigenvalue weighted by Crippen LogP contribution is 2.39. The van der Waals surface area contributed by atoms with E-state index in [-0.39, 0.29) is 5.92 Å². The van der Waals surface area contributed by atoms with Crippen LogP contribution in [0.3, 0.4) is 0 Å². The molecule has 0 spiro atoms. The van der Waals surface area contributed by atoms with Crippen LogP contribution in [0.1, 0.15) is 37.1 Å². The minimum Gasteiger partial charge on any atom is -0.480 e. The summed E-state index contributed by atoms with van der Waals surface area (Å²) < 4.78 is 0. The molecule has 21 heavy (non-hydrogen) atoms. The highest BCUT2D eigenvalue weighted by atomic mass is 32.1. The first-order valence-electron chi connectivity index (χ1n) is 7.36. The average Bonchev–Trinajstić information content (AvgIpc) is 3.03. The van der Waals surface area contributed by atoms with Gasteiger partial charge in [0, 0.05) is 4.88 Å². The number of carbonyl (C=O) groups is 1. The van der Waals surface area contributed by atoms with Crippen molar-refractivity contribution in [3.63, 3.8) is 0 Å². The molecule has 2 heterocycles. The predicted molar refractivity (Wildman–Crippen MR) is 83.9 cm³/mol. The van der Waals surface area contributed by atoms with Gasteiger partial charge in [-0.05, 0) is 30.7 Å². The van der Waals surface area contributed by atoms with Crippen molar-refractivity contribution in [1.29, 1.82) is 0 Å². The van der Waals surface area contributed by atoms with Gasteiger partial charge < -0.3 is 10.4 Å². The van der Waals surface area contributed by atoms with E-state index in [1.165, 1.54) is 23.2 Å². The number of thiophene rings is 1. The maximum Gasteiger partial charge on any atom is 0.326 e. The van der Waals surface area contributed by atoms with Gasteiger partial charge in [-0.1, -0.05) is 20.3 Å². The van der Waals surface area contributed by atoms with Gasteiger partial charge in [-0.25, -0.2) is 14.8 Å². The van der Waals surface area contributed by atoms with Crippen LogP contribution < -0.4 is 5.32 Å². The Bertz CT molecular complexity index is 683. The van der Waals surface area contributed by atoms with E-state index < -0.39 is 12.0 Å². The van der Waals surface area contributed by atoms with Crippen LogP contribution in [0.4, 0.5) is 5.82 Å². The molecular formula is C15H19N3O2S. The fraction of sp³-hybridized carbons (Fsp3) is 0.533. The third kappa shape index (κ3) is 2.48. The summed E-state index contributed by atoms with van der Waals surface area (Å²) >= 11 is 1.71. The second kappa shape index (κ2) is 5.60. The van der Waals surface area contributed by atoms with Crippen molar-refractivity contribution in [2.75, 3.05) is 5.32 Å². The zero-order chi connectivity index (χ0) is 15.0. The Morgan fingerprint density at radius 2 is 2.29 bits per heavy atom. The molecule has 0 bridgehead atoms. The average molecular weight is 305 g/mol. The van der Waals surface area contributed by atoms with Gasteiger partial charge in [0.25, 0.3) is 0 Å². The summed E-state index contributed by atoms with van der Waals surface area (Å²) in [5, 5.41) is 13.6. The van der Waals surface area contributed by atoms with Crippen molar-refractivity contribution in [3.05, 3.63) is 16.8 Å². The van der Waals surface area contributed by atoms with Crippen LogP contribution in [-0.2, 0) is 17.6 Å². The Kier molecular flexibility index (Phi) is 3.80. The number of nitrogens with zero attached hydrogens (tertiary/aromatic N) is 2. The highest BCUT2D eigenvalue weighted by Gasteiger charge is 2.27. The van der Waals surface area contributed by atoms with Crippen LogP contribution >= 0.6 is 11.3 Å². The third-order valence-electron chi connectivity index (χ3n) is 4.27. The van der Waals surface area contributed by atoms with Gasteiger partial charge in [0.2, 0.25) is 0 Å². The number of anilines is 1. The van der Waals surface area contributed by atoms with E-state index in [2.05, 4.69) is 15.3 Å². The summed E-state index contributed by atoms with van der Waals surface area (Å²) in [7, 11) is 0. The molecule has 0 saturated heterocycles. The summed E-state index contributed by atoms with van der Waals surface area (Å²) in [4.78, 5) is 22.5. The van der Waals surface area contributed by atoms with Crippen molar-refractivity contribution in [1.82, 2.24) is 9.97 Å².